The summed E-state index contributed by atoms with van der Waals surface area (Å²) >= 11 is 0. The third-order valence-electron chi connectivity index (χ3n) is 5.51. The van der Waals surface area contributed by atoms with Crippen LogP contribution in [0.3, 0.4) is 0 Å². The lowest BCUT2D eigenvalue weighted by Crippen LogP contribution is -2.26. The Kier molecular flexibility index (Phi) is 5.17. The van der Waals surface area contributed by atoms with E-state index < -0.39 is 18.4 Å². The van der Waals surface area contributed by atoms with E-state index >= 15 is 0 Å². The molecule has 0 spiro atoms. The van der Waals surface area contributed by atoms with E-state index in [9.17, 15) is 14.4 Å². The van der Waals surface area contributed by atoms with Crippen LogP contribution in [0.15, 0.2) is 36.0 Å². The lowest BCUT2D eigenvalue weighted by molar-refractivity contribution is -0.142. The summed E-state index contributed by atoms with van der Waals surface area (Å²) in [6.07, 6.45) is 1.48. The van der Waals surface area contributed by atoms with Gasteiger partial charge in [0.2, 0.25) is 0 Å². The Morgan fingerprint density at radius 2 is 1.79 bits per heavy atom. The van der Waals surface area contributed by atoms with E-state index in [2.05, 4.69) is 5.10 Å². The maximum atomic E-state index is 12.5. The van der Waals surface area contributed by atoms with Crippen molar-refractivity contribution in [2.75, 3.05) is 18.6 Å². The Hall–Kier alpha value is -3.22. The first-order valence-electron chi connectivity index (χ1n) is 9.35. The van der Waals surface area contributed by atoms with Crippen LogP contribution in [0.2, 0.25) is 0 Å². The average Bonchev–Trinajstić information content (AvgIpc) is 3.04. The summed E-state index contributed by atoms with van der Waals surface area (Å²) in [5, 5.41) is 4.13. The molecule has 1 aliphatic rings. The molecule has 0 saturated heterocycles. The molecule has 152 valence electrons. The van der Waals surface area contributed by atoms with E-state index in [1.165, 1.54) is 10.8 Å². The minimum atomic E-state index is -1.06. The number of aromatic nitrogens is 2. The molecule has 0 radical (unpaired) electrons. The van der Waals surface area contributed by atoms with Crippen LogP contribution in [0.4, 0.5) is 5.69 Å². The number of carbonyl (C=O) groups excluding carboxylic acids is 3. The van der Waals surface area contributed by atoms with Crippen LogP contribution in [-0.4, -0.2) is 41.0 Å². The van der Waals surface area contributed by atoms with Crippen LogP contribution in [0.1, 0.15) is 41.2 Å². The number of Topliss-reactive ketones (excluding diaryl/α,β-unsaturated/α-hetero) is 1. The van der Waals surface area contributed by atoms with Gasteiger partial charge in [0.1, 0.15) is 0 Å². The second-order valence-electron chi connectivity index (χ2n) is 7.77. The predicted octanol–water partition coefficient (Wildman–Crippen LogP) is 2.64. The van der Waals surface area contributed by atoms with E-state index in [0.29, 0.717) is 11.4 Å². The van der Waals surface area contributed by atoms with E-state index in [1.54, 1.807) is 20.9 Å². The van der Waals surface area contributed by atoms with Crippen molar-refractivity contribution in [3.8, 4) is 0 Å². The predicted molar refractivity (Wildman–Crippen MR) is 109 cm³/mol. The van der Waals surface area contributed by atoms with Crippen molar-refractivity contribution in [2.45, 2.75) is 33.1 Å². The molecular weight excluding hydrogens is 370 g/mol. The van der Waals surface area contributed by atoms with Crippen molar-refractivity contribution in [3.63, 3.8) is 0 Å². The number of aryl methyl sites for hydroxylation is 2. The summed E-state index contributed by atoms with van der Waals surface area (Å²) in [5.41, 5.74) is 3.85. The van der Waals surface area contributed by atoms with Gasteiger partial charge in [0, 0.05) is 42.7 Å². The molecule has 2 heterocycles. The zero-order valence-corrected chi connectivity index (χ0v) is 17.6. The van der Waals surface area contributed by atoms with Gasteiger partial charge in [-0.05, 0) is 25.5 Å². The number of likely N-dealkylation sites (N-methyl/N-ethyl adjacent to an activating group) is 1. The molecule has 0 bridgehead atoms. The van der Waals surface area contributed by atoms with Gasteiger partial charge < -0.3 is 9.64 Å². The molecular formula is C22H25N3O4. The van der Waals surface area contributed by atoms with Crippen LogP contribution in [0.25, 0.3) is 0 Å². The largest absolute Gasteiger partial charge is 0.451 e. The highest BCUT2D eigenvalue weighted by molar-refractivity contribution is 6.41. The molecule has 0 atom stereocenters. The molecule has 1 aliphatic heterocycles. The molecule has 7 heteroatoms. The van der Waals surface area contributed by atoms with Gasteiger partial charge in [-0.2, -0.15) is 5.10 Å². The van der Waals surface area contributed by atoms with Crippen molar-refractivity contribution in [3.05, 3.63) is 58.6 Å². The number of hydrogen-bond donors (Lipinski definition) is 0. The SMILES string of the molecule is Cc1nn(C)c(C)c1C(=O)C(=O)OCC(=O)/C=C1\N(C)c2ccccc2C1(C)C. The van der Waals surface area contributed by atoms with Crippen molar-refractivity contribution in [1.29, 1.82) is 0 Å². The van der Waals surface area contributed by atoms with Gasteiger partial charge in [-0.1, -0.05) is 32.0 Å². The normalized spacial score (nSPS) is 16.1. The number of benzene rings is 1. The molecule has 1 aromatic carbocycles. The topological polar surface area (TPSA) is 81.5 Å². The van der Waals surface area contributed by atoms with Gasteiger partial charge in [0.25, 0.3) is 5.78 Å². The van der Waals surface area contributed by atoms with Crippen LogP contribution in [0, 0.1) is 13.8 Å². The first kappa shape index (κ1) is 20.5. The van der Waals surface area contributed by atoms with Crippen LogP contribution < -0.4 is 4.90 Å². The summed E-state index contributed by atoms with van der Waals surface area (Å²) in [7, 11) is 3.59. The maximum absolute atomic E-state index is 12.5. The number of allylic oxidation sites excluding steroid dienone is 1. The maximum Gasteiger partial charge on any atom is 0.380 e. The van der Waals surface area contributed by atoms with Gasteiger partial charge in [0.15, 0.2) is 12.4 Å². The third-order valence-corrected chi connectivity index (χ3v) is 5.51. The molecule has 0 aliphatic carbocycles. The lowest BCUT2D eigenvalue weighted by Gasteiger charge is -2.23. The number of anilines is 1. The van der Waals surface area contributed by atoms with E-state index in [0.717, 1.165) is 16.9 Å². The van der Waals surface area contributed by atoms with Gasteiger partial charge in [-0.15, -0.1) is 0 Å². The molecule has 0 amide bonds. The molecule has 29 heavy (non-hydrogen) atoms. The van der Waals surface area contributed by atoms with Gasteiger partial charge in [0.05, 0.1) is 11.3 Å². The number of nitrogens with zero attached hydrogens (tertiary/aromatic N) is 3. The minimum absolute atomic E-state index is 0.218. The number of hydrogen-bond acceptors (Lipinski definition) is 6. The number of ether oxygens (including phenoxy) is 1. The monoisotopic (exact) mass is 395 g/mol. The number of rotatable bonds is 5. The number of ketones is 2. The Balaban J connectivity index is 1.72. The van der Waals surface area contributed by atoms with Crippen LogP contribution >= 0.6 is 0 Å². The molecule has 1 aromatic heterocycles. The fraction of sp³-hybridized carbons (Fsp3) is 0.364. The third kappa shape index (κ3) is 3.48. The zero-order chi connectivity index (χ0) is 21.5. The summed E-state index contributed by atoms with van der Waals surface area (Å²) in [6, 6.07) is 7.95. The fourth-order valence-electron chi connectivity index (χ4n) is 3.86. The molecule has 2 aromatic rings. The highest BCUT2D eigenvalue weighted by Gasteiger charge is 2.38. The number of carbonyl (C=O) groups is 3. The van der Waals surface area contributed by atoms with Crippen LogP contribution in [0.5, 0.6) is 0 Å². The van der Waals surface area contributed by atoms with Crippen molar-refractivity contribution < 1.29 is 19.1 Å². The summed E-state index contributed by atoms with van der Waals surface area (Å²) in [5.74, 6) is -2.23. The first-order chi connectivity index (χ1) is 13.6. The minimum Gasteiger partial charge on any atom is -0.451 e. The smallest absolute Gasteiger partial charge is 0.380 e. The standard InChI is InChI=1S/C22H25N3O4/c1-13-19(14(2)25(6)23-13)20(27)21(28)29-12-15(26)11-18-22(3,4)16-9-7-8-10-17(16)24(18)5/h7-11H,12H2,1-6H3/b18-11-. The highest BCUT2D eigenvalue weighted by Crippen LogP contribution is 2.46. The fourth-order valence-corrected chi connectivity index (χ4v) is 3.86. The Morgan fingerprint density at radius 1 is 1.14 bits per heavy atom. The van der Waals surface area contributed by atoms with Crippen molar-refractivity contribution in [1.82, 2.24) is 9.78 Å². The second-order valence-corrected chi connectivity index (χ2v) is 7.77. The average molecular weight is 395 g/mol. The van der Waals surface area contributed by atoms with E-state index in [-0.39, 0.29) is 16.8 Å². The van der Waals surface area contributed by atoms with Gasteiger partial charge >= 0.3 is 5.97 Å². The molecule has 0 saturated carbocycles. The number of esters is 1. The second kappa shape index (κ2) is 7.31. The van der Waals surface area contributed by atoms with E-state index in [1.807, 2.05) is 50.1 Å². The van der Waals surface area contributed by atoms with Crippen molar-refractivity contribution in [2.24, 2.45) is 7.05 Å². The molecule has 0 N–H and O–H groups in total. The Labute approximate surface area is 170 Å². The van der Waals surface area contributed by atoms with E-state index in [4.69, 9.17) is 4.74 Å². The zero-order valence-electron chi connectivity index (χ0n) is 17.6. The Bertz CT molecular complexity index is 1050. The number of para-hydroxylation sites is 1. The van der Waals surface area contributed by atoms with Crippen LogP contribution in [-0.2, 0) is 26.8 Å². The summed E-state index contributed by atoms with van der Waals surface area (Å²) in [4.78, 5) is 39.0. The quantitative estimate of drug-likeness (QED) is 0.335. The summed E-state index contributed by atoms with van der Waals surface area (Å²) in [6.45, 7) is 6.94. The number of fused-ring (bicyclic) bond motifs is 1. The first-order valence-corrected chi connectivity index (χ1v) is 9.35. The van der Waals surface area contributed by atoms with Gasteiger partial charge in [-0.3, -0.25) is 14.3 Å². The molecule has 3 rings (SSSR count). The molecule has 7 nitrogen and oxygen atoms in total. The summed E-state index contributed by atoms with van der Waals surface area (Å²) < 4.78 is 6.52. The lowest BCUT2D eigenvalue weighted by atomic mass is 9.83. The Morgan fingerprint density at radius 3 is 2.38 bits per heavy atom. The van der Waals surface area contributed by atoms with Crippen molar-refractivity contribution >= 4 is 23.2 Å². The van der Waals surface area contributed by atoms with Gasteiger partial charge in [-0.25, -0.2) is 4.79 Å². The molecule has 0 unspecified atom stereocenters. The highest BCUT2D eigenvalue weighted by atomic mass is 16.5. The molecule has 0 fully saturated rings.